The molecule has 166 valence electrons. The van der Waals surface area contributed by atoms with Crippen molar-refractivity contribution in [3.63, 3.8) is 0 Å². The summed E-state index contributed by atoms with van der Waals surface area (Å²) < 4.78 is 79.1. The molecule has 0 saturated carbocycles. The zero-order chi connectivity index (χ0) is 23.2. The van der Waals surface area contributed by atoms with E-state index >= 15 is 0 Å². The Morgan fingerprint density at radius 3 is 2.62 bits per heavy atom. The number of hydrogen-bond acceptors (Lipinski definition) is 6. The molecule has 6 nitrogen and oxygen atoms in total. The molecule has 13 heteroatoms. The molecule has 0 aliphatic heterocycles. The number of pyridine rings is 1. The fourth-order valence-electron chi connectivity index (χ4n) is 2.94. The maximum absolute atomic E-state index is 14.6. The van der Waals surface area contributed by atoms with Gasteiger partial charge in [-0.15, -0.1) is 11.3 Å². The van der Waals surface area contributed by atoms with Crippen molar-refractivity contribution >= 4 is 32.9 Å². The average molecular weight is 486 g/mol. The first-order chi connectivity index (χ1) is 15.0. The zero-order valence-electron chi connectivity index (χ0n) is 16.0. The third-order valence-corrected chi connectivity index (χ3v) is 6.92. The Balaban J connectivity index is 1.82. The molecule has 1 unspecified atom stereocenters. The molecule has 4 rings (SSSR count). The van der Waals surface area contributed by atoms with Gasteiger partial charge in [0.25, 0.3) is 5.56 Å². The summed E-state index contributed by atoms with van der Waals surface area (Å²) in [6, 6.07) is 3.02. The van der Waals surface area contributed by atoms with Crippen LogP contribution in [0, 0.1) is 18.6 Å². The Bertz CT molecular complexity index is 1390. The van der Waals surface area contributed by atoms with E-state index < -0.39 is 46.0 Å². The van der Waals surface area contributed by atoms with Crippen LogP contribution in [0.25, 0.3) is 26.6 Å². The number of nitrogens with zero attached hydrogens (tertiary/aromatic N) is 4. The smallest absolute Gasteiger partial charge is 0.433 e. The number of alkyl halides is 3. The molecule has 32 heavy (non-hydrogen) atoms. The first kappa shape index (κ1) is 22.3. The fourth-order valence-corrected chi connectivity index (χ4v) is 4.98. The van der Waals surface area contributed by atoms with E-state index in [1.165, 1.54) is 19.2 Å². The molecule has 1 atom stereocenters. The molecule has 0 bridgehead atoms. The second-order valence-corrected chi connectivity index (χ2v) is 9.08. The quantitative estimate of drug-likeness (QED) is 0.320. The standard InChI is InChI=1S/C19H11F5N4O2S2/c1-9-2-12(21)13(4-14(9)32(30)7-19(22,23)24)28-8-26-16-15(18(28)29)31-17(27-16)10-3-11(20)6-25-5-10/h2-6,8H,7H2,1H3. The summed E-state index contributed by atoms with van der Waals surface area (Å²) in [6.45, 7) is 1.32. The van der Waals surface area contributed by atoms with E-state index in [0.717, 1.165) is 40.6 Å². The molecule has 0 radical (unpaired) electrons. The average Bonchev–Trinajstić information content (AvgIpc) is 3.13. The summed E-state index contributed by atoms with van der Waals surface area (Å²) in [5.41, 5.74) is -0.745. The van der Waals surface area contributed by atoms with Crippen molar-refractivity contribution in [2.24, 2.45) is 0 Å². The van der Waals surface area contributed by atoms with Gasteiger partial charge in [0.15, 0.2) is 10.5 Å². The van der Waals surface area contributed by atoms with Gasteiger partial charge < -0.3 is 4.55 Å². The second-order valence-electron chi connectivity index (χ2n) is 6.66. The number of aryl methyl sites for hydroxylation is 1. The number of hydrogen-bond donors (Lipinski definition) is 0. The summed E-state index contributed by atoms with van der Waals surface area (Å²) in [5.74, 6) is -3.11. The first-order valence-corrected chi connectivity index (χ1v) is 10.9. The van der Waals surface area contributed by atoms with Crippen LogP contribution in [0.5, 0.6) is 0 Å². The topological polar surface area (TPSA) is 83.7 Å². The normalized spacial score (nSPS) is 13.0. The molecule has 1 aromatic carbocycles. The highest BCUT2D eigenvalue weighted by atomic mass is 32.2. The van der Waals surface area contributed by atoms with E-state index in [4.69, 9.17) is 0 Å². The van der Waals surface area contributed by atoms with Crippen LogP contribution in [-0.4, -0.2) is 36.0 Å². The Kier molecular flexibility index (Phi) is 5.73. The lowest BCUT2D eigenvalue weighted by Crippen LogP contribution is -2.24. The molecule has 0 fully saturated rings. The highest BCUT2D eigenvalue weighted by molar-refractivity contribution is 7.91. The summed E-state index contributed by atoms with van der Waals surface area (Å²) in [5, 5.41) is 0.255. The van der Waals surface area contributed by atoms with E-state index in [0.29, 0.717) is 5.56 Å². The molecular weight excluding hydrogens is 475 g/mol. The number of fused-ring (bicyclic) bond motifs is 1. The molecule has 0 aliphatic carbocycles. The molecule has 0 amide bonds. The minimum absolute atomic E-state index is 0.0182. The van der Waals surface area contributed by atoms with Crippen LogP contribution in [0.4, 0.5) is 22.0 Å². The SMILES string of the molecule is Cc1cc(F)c(-n2cnc3nc(-c4cncc(F)c4)sc3c2=O)cc1[S+]([O-])CC(F)(F)F. The number of benzene rings is 1. The molecule has 0 spiro atoms. The van der Waals surface area contributed by atoms with Crippen molar-refractivity contribution in [1.82, 2.24) is 19.5 Å². The summed E-state index contributed by atoms with van der Waals surface area (Å²) >= 11 is -1.62. The van der Waals surface area contributed by atoms with Crippen molar-refractivity contribution in [3.8, 4) is 16.3 Å². The van der Waals surface area contributed by atoms with E-state index in [9.17, 15) is 31.3 Å². The minimum Gasteiger partial charge on any atom is -0.611 e. The van der Waals surface area contributed by atoms with Gasteiger partial charge in [-0.25, -0.2) is 18.7 Å². The maximum Gasteiger partial charge on any atom is 0.433 e. The van der Waals surface area contributed by atoms with Crippen molar-refractivity contribution in [3.05, 3.63) is 64.5 Å². The molecule has 3 heterocycles. The van der Waals surface area contributed by atoms with Gasteiger partial charge in [-0.3, -0.25) is 14.3 Å². The molecular formula is C19H11F5N4O2S2. The predicted octanol–water partition coefficient (Wildman–Crippen LogP) is 4.16. The number of rotatable bonds is 4. The second kappa shape index (κ2) is 8.22. The number of aromatic nitrogens is 4. The zero-order valence-corrected chi connectivity index (χ0v) is 17.6. The van der Waals surface area contributed by atoms with Crippen molar-refractivity contribution in [1.29, 1.82) is 0 Å². The first-order valence-electron chi connectivity index (χ1n) is 8.78. The highest BCUT2D eigenvalue weighted by Crippen LogP contribution is 2.29. The van der Waals surface area contributed by atoms with Crippen molar-refractivity contribution in [2.75, 3.05) is 5.75 Å². The van der Waals surface area contributed by atoms with E-state index in [1.54, 1.807) is 0 Å². The van der Waals surface area contributed by atoms with Crippen molar-refractivity contribution in [2.45, 2.75) is 18.0 Å². The van der Waals surface area contributed by atoms with Gasteiger partial charge in [0.05, 0.1) is 11.9 Å². The number of halogens is 5. The van der Waals surface area contributed by atoms with Crippen LogP contribution < -0.4 is 5.56 Å². The lowest BCUT2D eigenvalue weighted by molar-refractivity contribution is -0.106. The lowest BCUT2D eigenvalue weighted by Gasteiger charge is -2.16. The van der Waals surface area contributed by atoms with E-state index in [-0.39, 0.29) is 25.8 Å². The molecule has 0 N–H and O–H groups in total. The van der Waals surface area contributed by atoms with Crippen molar-refractivity contribution < 1.29 is 26.5 Å². The molecule has 0 saturated heterocycles. The minimum atomic E-state index is -4.69. The summed E-state index contributed by atoms with van der Waals surface area (Å²) in [4.78, 5) is 24.6. The Hall–Kier alpha value is -2.90. The highest BCUT2D eigenvalue weighted by Gasteiger charge is 2.36. The third-order valence-electron chi connectivity index (χ3n) is 4.31. The van der Waals surface area contributed by atoms with Gasteiger partial charge in [0.1, 0.15) is 27.7 Å². The van der Waals surface area contributed by atoms with Crippen LogP contribution in [-0.2, 0) is 11.2 Å². The fraction of sp³-hybridized carbons (Fsp3) is 0.158. The summed E-state index contributed by atoms with van der Waals surface area (Å²) in [7, 11) is 0. The van der Waals surface area contributed by atoms with Gasteiger partial charge in [-0.2, -0.15) is 13.2 Å². The lowest BCUT2D eigenvalue weighted by atomic mass is 10.2. The van der Waals surface area contributed by atoms with Crippen LogP contribution >= 0.6 is 11.3 Å². The van der Waals surface area contributed by atoms with Gasteiger partial charge >= 0.3 is 6.18 Å². The van der Waals surface area contributed by atoms with E-state index in [2.05, 4.69) is 15.0 Å². The maximum atomic E-state index is 14.6. The third kappa shape index (κ3) is 4.36. The molecule has 3 aromatic heterocycles. The van der Waals surface area contributed by atoms with Gasteiger partial charge in [-0.1, -0.05) is 0 Å². The Morgan fingerprint density at radius 1 is 1.19 bits per heavy atom. The Morgan fingerprint density at radius 2 is 1.94 bits per heavy atom. The summed E-state index contributed by atoms with van der Waals surface area (Å²) in [6.07, 6.45) is -1.36. The van der Waals surface area contributed by atoms with Crippen LogP contribution in [0.2, 0.25) is 0 Å². The van der Waals surface area contributed by atoms with Crippen LogP contribution in [0.15, 0.2) is 46.6 Å². The molecule has 4 aromatic rings. The van der Waals surface area contributed by atoms with Gasteiger partial charge in [0.2, 0.25) is 5.75 Å². The van der Waals surface area contributed by atoms with Gasteiger partial charge in [-0.05, 0) is 30.2 Å². The molecule has 0 aliphatic rings. The monoisotopic (exact) mass is 486 g/mol. The Labute approximate surface area is 183 Å². The van der Waals surface area contributed by atoms with Crippen LogP contribution in [0.3, 0.4) is 0 Å². The largest absolute Gasteiger partial charge is 0.611 e. The van der Waals surface area contributed by atoms with E-state index in [1.807, 2.05) is 0 Å². The van der Waals surface area contributed by atoms with Gasteiger partial charge in [0, 0.05) is 23.4 Å². The number of thiazole rings is 1. The van der Waals surface area contributed by atoms with Crippen LogP contribution in [0.1, 0.15) is 5.56 Å². The predicted molar refractivity (Wildman–Crippen MR) is 108 cm³/mol.